The van der Waals surface area contributed by atoms with E-state index in [2.05, 4.69) is 0 Å². The van der Waals surface area contributed by atoms with E-state index in [0.717, 1.165) is 16.9 Å². The Morgan fingerprint density at radius 3 is 2.28 bits per heavy atom. The summed E-state index contributed by atoms with van der Waals surface area (Å²) in [5.74, 6) is -0.229. The molecule has 2 nitrogen and oxygen atoms in total. The van der Waals surface area contributed by atoms with Crippen LogP contribution in [0.25, 0.3) is 0 Å². The maximum atomic E-state index is 12.9. The zero-order chi connectivity index (χ0) is 13.1. The number of halogens is 1. The Bertz CT molecular complexity index is 520. The maximum Gasteiger partial charge on any atom is 0.123 e. The summed E-state index contributed by atoms with van der Waals surface area (Å²) in [6.07, 6.45) is 0. The van der Waals surface area contributed by atoms with E-state index < -0.39 is 0 Å². The van der Waals surface area contributed by atoms with Crippen LogP contribution in [-0.2, 0) is 0 Å². The van der Waals surface area contributed by atoms with Crippen molar-refractivity contribution in [1.82, 2.24) is 0 Å². The van der Waals surface area contributed by atoms with Crippen LogP contribution in [-0.4, -0.2) is 7.05 Å². The SMILES string of the molecule is CC(N)c1ccccc1N(C)c1ccc(F)cc1. The second-order valence-corrected chi connectivity index (χ2v) is 4.38. The van der Waals surface area contributed by atoms with Crippen LogP contribution < -0.4 is 10.6 Å². The second-order valence-electron chi connectivity index (χ2n) is 4.38. The lowest BCUT2D eigenvalue weighted by Crippen LogP contribution is -2.15. The van der Waals surface area contributed by atoms with Crippen LogP contribution in [0.3, 0.4) is 0 Å². The second kappa shape index (κ2) is 5.19. The summed E-state index contributed by atoms with van der Waals surface area (Å²) in [4.78, 5) is 2.01. The van der Waals surface area contributed by atoms with Gasteiger partial charge < -0.3 is 10.6 Å². The van der Waals surface area contributed by atoms with Crippen LogP contribution in [0.1, 0.15) is 18.5 Å². The lowest BCUT2D eigenvalue weighted by molar-refractivity contribution is 0.628. The number of rotatable bonds is 3. The molecular weight excluding hydrogens is 227 g/mol. The molecule has 0 bridgehead atoms. The molecule has 0 spiro atoms. The lowest BCUT2D eigenvalue weighted by atomic mass is 10.1. The van der Waals surface area contributed by atoms with Gasteiger partial charge in [0.1, 0.15) is 5.82 Å². The highest BCUT2D eigenvalue weighted by Gasteiger charge is 2.11. The Morgan fingerprint density at radius 2 is 1.67 bits per heavy atom. The average Bonchev–Trinajstić information content (AvgIpc) is 2.39. The van der Waals surface area contributed by atoms with E-state index in [4.69, 9.17) is 5.73 Å². The first kappa shape index (κ1) is 12.6. The largest absolute Gasteiger partial charge is 0.344 e. The van der Waals surface area contributed by atoms with Crippen LogP contribution in [0.2, 0.25) is 0 Å². The quantitative estimate of drug-likeness (QED) is 0.893. The van der Waals surface area contributed by atoms with E-state index in [9.17, 15) is 4.39 Å². The zero-order valence-electron chi connectivity index (χ0n) is 10.6. The van der Waals surface area contributed by atoms with E-state index in [1.165, 1.54) is 12.1 Å². The monoisotopic (exact) mass is 244 g/mol. The fraction of sp³-hybridized carbons (Fsp3) is 0.200. The highest BCUT2D eigenvalue weighted by atomic mass is 19.1. The molecular formula is C15H17FN2. The molecule has 0 aliphatic rings. The van der Waals surface area contributed by atoms with Crippen molar-refractivity contribution in [3.05, 3.63) is 59.9 Å². The fourth-order valence-corrected chi connectivity index (χ4v) is 1.98. The van der Waals surface area contributed by atoms with Crippen LogP contribution >= 0.6 is 0 Å². The first-order valence-electron chi connectivity index (χ1n) is 5.93. The Labute approximate surface area is 107 Å². The number of anilines is 2. The molecule has 18 heavy (non-hydrogen) atoms. The summed E-state index contributed by atoms with van der Waals surface area (Å²) < 4.78 is 12.9. The zero-order valence-corrected chi connectivity index (χ0v) is 10.6. The molecule has 0 aliphatic carbocycles. The lowest BCUT2D eigenvalue weighted by Gasteiger charge is -2.24. The summed E-state index contributed by atoms with van der Waals surface area (Å²) in [5, 5.41) is 0. The van der Waals surface area contributed by atoms with Gasteiger partial charge in [0.15, 0.2) is 0 Å². The number of benzene rings is 2. The molecule has 2 rings (SSSR count). The molecule has 2 aromatic rings. The molecule has 0 aliphatic heterocycles. The van der Waals surface area contributed by atoms with Crippen LogP contribution in [0.15, 0.2) is 48.5 Å². The predicted molar refractivity (Wildman–Crippen MR) is 73.5 cm³/mol. The van der Waals surface area contributed by atoms with Crippen molar-refractivity contribution in [2.75, 3.05) is 11.9 Å². The molecule has 0 heterocycles. The normalized spacial score (nSPS) is 12.2. The smallest absolute Gasteiger partial charge is 0.123 e. The van der Waals surface area contributed by atoms with Gasteiger partial charge in [-0.1, -0.05) is 18.2 Å². The first-order valence-corrected chi connectivity index (χ1v) is 5.93. The van der Waals surface area contributed by atoms with Crippen molar-refractivity contribution in [3.63, 3.8) is 0 Å². The molecule has 0 saturated carbocycles. The van der Waals surface area contributed by atoms with Crippen molar-refractivity contribution in [1.29, 1.82) is 0 Å². The minimum absolute atomic E-state index is 0.0379. The third-order valence-corrected chi connectivity index (χ3v) is 3.00. The molecule has 2 aromatic carbocycles. The summed E-state index contributed by atoms with van der Waals surface area (Å²) in [6.45, 7) is 1.96. The van der Waals surface area contributed by atoms with Crippen LogP contribution in [0, 0.1) is 5.82 Å². The predicted octanol–water partition coefficient (Wildman–Crippen LogP) is 3.61. The van der Waals surface area contributed by atoms with E-state index in [1.54, 1.807) is 12.1 Å². The van der Waals surface area contributed by atoms with E-state index in [1.807, 2.05) is 43.1 Å². The minimum atomic E-state index is -0.229. The van der Waals surface area contributed by atoms with Crippen molar-refractivity contribution < 1.29 is 4.39 Å². The van der Waals surface area contributed by atoms with Gasteiger partial charge in [-0.2, -0.15) is 0 Å². The molecule has 94 valence electrons. The van der Waals surface area contributed by atoms with E-state index in [-0.39, 0.29) is 11.9 Å². The highest BCUT2D eigenvalue weighted by molar-refractivity contribution is 5.66. The van der Waals surface area contributed by atoms with Gasteiger partial charge in [0.25, 0.3) is 0 Å². The summed E-state index contributed by atoms with van der Waals surface area (Å²) in [6, 6.07) is 14.4. The average molecular weight is 244 g/mol. The number of para-hydroxylation sites is 1. The molecule has 3 heteroatoms. The topological polar surface area (TPSA) is 29.3 Å². The van der Waals surface area contributed by atoms with Gasteiger partial charge in [-0.05, 0) is 42.8 Å². The molecule has 0 aromatic heterocycles. The molecule has 0 saturated heterocycles. The number of hydrogen-bond acceptors (Lipinski definition) is 2. The molecule has 0 fully saturated rings. The van der Waals surface area contributed by atoms with Crippen molar-refractivity contribution in [2.45, 2.75) is 13.0 Å². The number of hydrogen-bond donors (Lipinski definition) is 1. The molecule has 0 radical (unpaired) electrons. The maximum absolute atomic E-state index is 12.9. The van der Waals surface area contributed by atoms with Crippen molar-refractivity contribution in [3.8, 4) is 0 Å². The minimum Gasteiger partial charge on any atom is -0.344 e. The van der Waals surface area contributed by atoms with Crippen molar-refractivity contribution >= 4 is 11.4 Å². The number of nitrogens with zero attached hydrogens (tertiary/aromatic N) is 1. The fourth-order valence-electron chi connectivity index (χ4n) is 1.98. The Balaban J connectivity index is 2.39. The Hall–Kier alpha value is -1.87. The van der Waals surface area contributed by atoms with E-state index in [0.29, 0.717) is 0 Å². The van der Waals surface area contributed by atoms with Gasteiger partial charge in [-0.3, -0.25) is 0 Å². The van der Waals surface area contributed by atoms with Crippen LogP contribution in [0.4, 0.5) is 15.8 Å². The van der Waals surface area contributed by atoms with Gasteiger partial charge in [0.2, 0.25) is 0 Å². The summed E-state index contributed by atoms with van der Waals surface area (Å²) >= 11 is 0. The van der Waals surface area contributed by atoms with Gasteiger partial charge in [0.05, 0.1) is 0 Å². The van der Waals surface area contributed by atoms with Gasteiger partial charge >= 0.3 is 0 Å². The van der Waals surface area contributed by atoms with Gasteiger partial charge in [-0.25, -0.2) is 4.39 Å². The highest BCUT2D eigenvalue weighted by Crippen LogP contribution is 2.29. The Kier molecular flexibility index (Phi) is 3.63. The third kappa shape index (κ3) is 2.51. The summed E-state index contributed by atoms with van der Waals surface area (Å²) in [5.41, 5.74) is 9.02. The third-order valence-electron chi connectivity index (χ3n) is 3.00. The summed E-state index contributed by atoms with van der Waals surface area (Å²) in [7, 11) is 1.95. The Morgan fingerprint density at radius 1 is 1.06 bits per heavy atom. The molecule has 2 N–H and O–H groups in total. The van der Waals surface area contributed by atoms with Gasteiger partial charge in [-0.15, -0.1) is 0 Å². The molecule has 0 amide bonds. The van der Waals surface area contributed by atoms with Crippen LogP contribution in [0.5, 0.6) is 0 Å². The number of nitrogens with two attached hydrogens (primary N) is 1. The molecule has 1 atom stereocenters. The van der Waals surface area contributed by atoms with E-state index >= 15 is 0 Å². The first-order chi connectivity index (χ1) is 8.59. The standard InChI is InChI=1S/C15H17FN2/c1-11(17)14-5-3-4-6-15(14)18(2)13-9-7-12(16)8-10-13/h3-11H,17H2,1-2H3. The molecule has 1 unspecified atom stereocenters. The van der Waals surface area contributed by atoms with Crippen molar-refractivity contribution in [2.24, 2.45) is 5.73 Å². The van der Waals surface area contributed by atoms with Gasteiger partial charge in [0, 0.05) is 24.5 Å².